The van der Waals surface area contributed by atoms with E-state index in [4.69, 9.17) is 5.73 Å². The lowest BCUT2D eigenvalue weighted by molar-refractivity contribution is 0.131. The number of anilines is 2. The van der Waals surface area contributed by atoms with Crippen LogP contribution in [0.3, 0.4) is 0 Å². The number of rotatable bonds is 4. The summed E-state index contributed by atoms with van der Waals surface area (Å²) >= 11 is 0. The molecule has 1 aromatic carbocycles. The smallest absolute Gasteiger partial charge is 0.323 e. The first-order valence-electron chi connectivity index (χ1n) is 9.16. The second-order valence-corrected chi connectivity index (χ2v) is 7.02. The summed E-state index contributed by atoms with van der Waals surface area (Å²) in [6, 6.07) is 9.91. The van der Waals surface area contributed by atoms with Gasteiger partial charge in [0.15, 0.2) is 5.82 Å². The van der Waals surface area contributed by atoms with Crippen molar-refractivity contribution < 1.29 is 13.6 Å². The van der Waals surface area contributed by atoms with Crippen molar-refractivity contribution in [1.29, 1.82) is 0 Å². The van der Waals surface area contributed by atoms with Gasteiger partial charge in [0.05, 0.1) is 11.4 Å². The van der Waals surface area contributed by atoms with Crippen LogP contribution in [0.4, 0.5) is 25.1 Å². The maximum Gasteiger partial charge on any atom is 0.323 e. The first kappa shape index (κ1) is 18.8. The average Bonchev–Trinajstić information content (AvgIpc) is 2.67. The third kappa shape index (κ3) is 4.16. The van der Waals surface area contributed by atoms with Crippen LogP contribution in [0.25, 0.3) is 11.3 Å². The van der Waals surface area contributed by atoms with Gasteiger partial charge in [0.25, 0.3) is 0 Å². The molecule has 4 rings (SSSR count). The Hall–Kier alpha value is -3.55. The van der Waals surface area contributed by atoms with Crippen LogP contribution in [0.5, 0.6) is 0 Å². The lowest BCUT2D eigenvalue weighted by atomic mass is 9.93. The first-order chi connectivity index (χ1) is 14.0. The highest BCUT2D eigenvalue weighted by Gasteiger charge is 2.31. The van der Waals surface area contributed by atoms with Crippen LogP contribution in [-0.2, 0) is 6.42 Å². The second-order valence-electron chi connectivity index (χ2n) is 7.02. The Labute approximate surface area is 166 Å². The molecule has 1 fully saturated rings. The molecule has 1 aliphatic heterocycles. The van der Waals surface area contributed by atoms with Gasteiger partial charge >= 0.3 is 6.03 Å². The molecule has 29 heavy (non-hydrogen) atoms. The van der Waals surface area contributed by atoms with Gasteiger partial charge in [-0.2, -0.15) is 0 Å². The third-order valence-corrected chi connectivity index (χ3v) is 4.88. The van der Waals surface area contributed by atoms with Crippen molar-refractivity contribution in [3.63, 3.8) is 0 Å². The summed E-state index contributed by atoms with van der Waals surface area (Å²) in [7, 11) is 0. The highest BCUT2D eigenvalue weighted by molar-refractivity contribution is 5.92. The number of hydrogen-bond donors (Lipinski definition) is 2. The Morgan fingerprint density at radius 3 is 2.62 bits per heavy atom. The van der Waals surface area contributed by atoms with Crippen LogP contribution in [0.15, 0.2) is 54.9 Å². The largest absolute Gasteiger partial charge is 0.396 e. The zero-order valence-electron chi connectivity index (χ0n) is 15.5. The normalized spacial score (nSPS) is 13.8. The van der Waals surface area contributed by atoms with Crippen molar-refractivity contribution in [2.75, 3.05) is 24.1 Å². The highest BCUT2D eigenvalue weighted by Crippen LogP contribution is 2.27. The molecular formula is C21H19F2N5O. The maximum absolute atomic E-state index is 14.0. The summed E-state index contributed by atoms with van der Waals surface area (Å²) in [6.45, 7) is 1.25. The monoisotopic (exact) mass is 395 g/mol. The Balaban J connectivity index is 1.41. The molecule has 0 aliphatic carbocycles. The van der Waals surface area contributed by atoms with E-state index in [1.807, 2.05) is 12.1 Å². The summed E-state index contributed by atoms with van der Waals surface area (Å²) < 4.78 is 27.2. The minimum Gasteiger partial charge on any atom is -0.396 e. The van der Waals surface area contributed by atoms with Crippen LogP contribution >= 0.6 is 0 Å². The van der Waals surface area contributed by atoms with Gasteiger partial charge in [-0.25, -0.2) is 18.6 Å². The number of benzene rings is 1. The average molecular weight is 395 g/mol. The molecule has 3 heterocycles. The fourth-order valence-electron chi connectivity index (χ4n) is 3.31. The molecule has 6 nitrogen and oxygen atoms in total. The molecule has 2 aromatic heterocycles. The third-order valence-electron chi connectivity index (χ3n) is 4.88. The number of carbonyl (C=O) groups is 1. The minimum atomic E-state index is -0.735. The number of halogens is 2. The Morgan fingerprint density at radius 2 is 1.90 bits per heavy atom. The number of aromatic nitrogens is 2. The van der Waals surface area contributed by atoms with Crippen molar-refractivity contribution in [2.45, 2.75) is 6.42 Å². The van der Waals surface area contributed by atoms with Gasteiger partial charge in [0, 0.05) is 37.1 Å². The fourth-order valence-corrected chi connectivity index (χ4v) is 3.31. The molecule has 3 aromatic rings. The molecule has 0 saturated carbocycles. The molecule has 1 aliphatic rings. The standard InChI is InChI=1S/C21H19F2N5O/c22-15-1-2-16(17(23)10-15)19-4-3-18(24)20(26-19)27-21(29)28-11-14(12-28)9-13-5-7-25-8-6-13/h1-8,10,14H,9,11-12,24H2,(H,26,27,29). The lowest BCUT2D eigenvalue weighted by Gasteiger charge is -2.39. The molecular weight excluding hydrogens is 376 g/mol. The van der Waals surface area contributed by atoms with E-state index in [1.165, 1.54) is 23.8 Å². The first-order valence-corrected chi connectivity index (χ1v) is 9.16. The van der Waals surface area contributed by atoms with E-state index >= 15 is 0 Å². The topological polar surface area (TPSA) is 84.1 Å². The molecule has 1 saturated heterocycles. The number of nitrogens with two attached hydrogens (primary N) is 1. The second kappa shape index (κ2) is 7.83. The molecule has 8 heteroatoms. The van der Waals surface area contributed by atoms with E-state index in [0.717, 1.165) is 18.6 Å². The van der Waals surface area contributed by atoms with Crippen molar-refractivity contribution in [1.82, 2.24) is 14.9 Å². The predicted molar refractivity (Wildman–Crippen MR) is 106 cm³/mol. The number of pyridine rings is 2. The van der Waals surface area contributed by atoms with Crippen molar-refractivity contribution in [2.24, 2.45) is 5.92 Å². The van der Waals surface area contributed by atoms with Crippen molar-refractivity contribution in [3.8, 4) is 11.3 Å². The number of amides is 2. The van der Waals surface area contributed by atoms with E-state index in [-0.39, 0.29) is 28.8 Å². The summed E-state index contributed by atoms with van der Waals surface area (Å²) in [5, 5.41) is 2.68. The quantitative estimate of drug-likeness (QED) is 0.705. The van der Waals surface area contributed by atoms with E-state index in [9.17, 15) is 13.6 Å². The summed E-state index contributed by atoms with van der Waals surface area (Å²) in [5.41, 5.74) is 7.74. The lowest BCUT2D eigenvalue weighted by Crippen LogP contribution is -2.52. The Bertz CT molecular complexity index is 1040. The molecule has 0 unspecified atom stereocenters. The van der Waals surface area contributed by atoms with Crippen molar-refractivity contribution in [3.05, 3.63) is 72.1 Å². The number of nitrogens with zero attached hydrogens (tertiary/aromatic N) is 3. The number of nitrogen functional groups attached to an aromatic ring is 1. The van der Waals surface area contributed by atoms with Crippen LogP contribution in [0.2, 0.25) is 0 Å². The zero-order chi connectivity index (χ0) is 20.4. The van der Waals surface area contributed by atoms with Gasteiger partial charge in [0.1, 0.15) is 11.6 Å². The fraction of sp³-hybridized carbons (Fsp3) is 0.190. The van der Waals surface area contributed by atoms with Crippen molar-refractivity contribution >= 4 is 17.5 Å². The van der Waals surface area contributed by atoms with E-state index in [0.29, 0.717) is 19.0 Å². The maximum atomic E-state index is 14.0. The van der Waals surface area contributed by atoms with Gasteiger partial charge in [-0.15, -0.1) is 0 Å². The number of urea groups is 1. The summed E-state index contributed by atoms with van der Waals surface area (Å²) in [5.74, 6) is -0.877. The highest BCUT2D eigenvalue weighted by atomic mass is 19.1. The van der Waals surface area contributed by atoms with Gasteiger partial charge in [-0.1, -0.05) is 0 Å². The molecule has 0 atom stereocenters. The summed E-state index contributed by atoms with van der Waals surface area (Å²) in [6.07, 6.45) is 4.39. The van der Waals surface area contributed by atoms with Gasteiger partial charge in [-0.3, -0.25) is 10.3 Å². The zero-order valence-corrected chi connectivity index (χ0v) is 15.5. The molecule has 0 spiro atoms. The van der Waals surface area contributed by atoms with Crippen LogP contribution in [0.1, 0.15) is 5.56 Å². The number of hydrogen-bond acceptors (Lipinski definition) is 4. The van der Waals surface area contributed by atoms with E-state index in [2.05, 4.69) is 15.3 Å². The molecule has 148 valence electrons. The number of nitrogens with one attached hydrogen (secondary N) is 1. The molecule has 2 amide bonds. The van der Waals surface area contributed by atoms with E-state index in [1.54, 1.807) is 17.3 Å². The van der Waals surface area contributed by atoms with Gasteiger partial charge in [-0.05, 0) is 54.3 Å². The van der Waals surface area contributed by atoms with Crippen LogP contribution in [-0.4, -0.2) is 34.0 Å². The molecule has 0 bridgehead atoms. The Kier molecular flexibility index (Phi) is 5.07. The van der Waals surface area contributed by atoms with Crippen LogP contribution < -0.4 is 11.1 Å². The SMILES string of the molecule is Nc1ccc(-c2ccc(F)cc2F)nc1NC(=O)N1CC(Cc2ccncc2)C1. The van der Waals surface area contributed by atoms with Gasteiger partial charge < -0.3 is 10.6 Å². The molecule has 3 N–H and O–H groups in total. The number of likely N-dealkylation sites (tertiary alicyclic amines) is 1. The number of carbonyl (C=O) groups excluding carboxylic acids is 1. The van der Waals surface area contributed by atoms with Crippen LogP contribution in [0, 0.1) is 17.6 Å². The Morgan fingerprint density at radius 1 is 1.14 bits per heavy atom. The predicted octanol–water partition coefficient (Wildman–Crippen LogP) is 3.71. The summed E-state index contributed by atoms with van der Waals surface area (Å²) in [4.78, 5) is 22.4. The molecule has 0 radical (unpaired) electrons. The van der Waals surface area contributed by atoms with E-state index < -0.39 is 11.6 Å². The minimum absolute atomic E-state index is 0.128. The van der Waals surface area contributed by atoms with Gasteiger partial charge in [0.2, 0.25) is 0 Å².